The predicted molar refractivity (Wildman–Crippen MR) is 88.7 cm³/mol. The number of hydrogen-bond acceptors (Lipinski definition) is 5. The lowest BCUT2D eigenvalue weighted by atomic mass is 10.1. The normalized spacial score (nSPS) is 12.0. The van der Waals surface area contributed by atoms with Crippen LogP contribution >= 0.6 is 0 Å². The van der Waals surface area contributed by atoms with Crippen molar-refractivity contribution >= 4 is 22.3 Å². The van der Waals surface area contributed by atoms with Gasteiger partial charge in [-0.25, -0.2) is 4.79 Å². The zero-order valence-corrected chi connectivity index (χ0v) is 13.2. The summed E-state index contributed by atoms with van der Waals surface area (Å²) in [5, 5.41) is 15.3. The summed E-state index contributed by atoms with van der Waals surface area (Å²) in [6.45, 7) is 6.06. The number of aliphatic imine (C=N–C) groups is 1. The van der Waals surface area contributed by atoms with E-state index in [1.807, 2.05) is 29.8 Å². The predicted octanol–water partition coefficient (Wildman–Crippen LogP) is 3.16. The van der Waals surface area contributed by atoms with Crippen molar-refractivity contribution in [2.24, 2.45) is 4.99 Å². The number of aryl methyl sites for hydroxylation is 2. The van der Waals surface area contributed by atoms with Crippen LogP contribution in [0.1, 0.15) is 25.2 Å². The van der Waals surface area contributed by atoms with Crippen LogP contribution in [0.4, 0.5) is 5.69 Å². The zero-order chi connectivity index (χ0) is 16.6. The van der Waals surface area contributed by atoms with E-state index in [-0.39, 0.29) is 11.3 Å². The van der Waals surface area contributed by atoms with E-state index in [1.165, 1.54) is 6.07 Å². The van der Waals surface area contributed by atoms with Gasteiger partial charge in [-0.15, -0.1) is 0 Å². The Balaban J connectivity index is 2.09. The Morgan fingerprint density at radius 2 is 2.17 bits per heavy atom. The molecule has 3 aromatic rings. The Morgan fingerprint density at radius 3 is 2.87 bits per heavy atom. The van der Waals surface area contributed by atoms with Gasteiger partial charge in [-0.3, -0.25) is 9.67 Å². The highest BCUT2D eigenvalue weighted by Crippen LogP contribution is 2.23. The van der Waals surface area contributed by atoms with Crippen molar-refractivity contribution in [3.05, 3.63) is 52.2 Å². The van der Waals surface area contributed by atoms with Crippen molar-refractivity contribution in [3.63, 3.8) is 0 Å². The van der Waals surface area contributed by atoms with E-state index < -0.39 is 5.63 Å². The van der Waals surface area contributed by atoms with Crippen LogP contribution in [-0.4, -0.2) is 20.6 Å². The zero-order valence-electron chi connectivity index (χ0n) is 13.2. The molecule has 0 spiro atoms. The number of rotatable bonds is 3. The Hall–Kier alpha value is -2.89. The first kappa shape index (κ1) is 15.0. The first-order valence-corrected chi connectivity index (χ1v) is 7.34. The van der Waals surface area contributed by atoms with Crippen molar-refractivity contribution < 1.29 is 9.52 Å². The molecular formula is C17H17N3O3. The second kappa shape index (κ2) is 5.72. The van der Waals surface area contributed by atoms with Crippen molar-refractivity contribution in [2.45, 2.75) is 27.3 Å². The molecule has 1 N–H and O–H groups in total. The largest absolute Gasteiger partial charge is 0.507 e. The number of hydrogen-bond donors (Lipinski definition) is 1. The van der Waals surface area contributed by atoms with E-state index in [2.05, 4.69) is 10.1 Å². The number of benzene rings is 1. The number of aromatic hydroxyl groups is 1. The van der Waals surface area contributed by atoms with Crippen LogP contribution in [0, 0.1) is 6.92 Å². The summed E-state index contributed by atoms with van der Waals surface area (Å²) in [7, 11) is 0. The molecule has 0 aliphatic carbocycles. The minimum Gasteiger partial charge on any atom is -0.507 e. The molecule has 0 amide bonds. The van der Waals surface area contributed by atoms with E-state index in [0.29, 0.717) is 17.2 Å². The SMILES string of the molecule is CCn1ncc2ccc(N=C(C)c3c(O)cc(C)oc3=O)cc21. The highest BCUT2D eigenvalue weighted by Gasteiger charge is 2.13. The minimum atomic E-state index is -0.594. The van der Waals surface area contributed by atoms with Gasteiger partial charge >= 0.3 is 5.63 Å². The Bertz CT molecular complexity index is 967. The van der Waals surface area contributed by atoms with E-state index in [9.17, 15) is 9.90 Å². The van der Waals surface area contributed by atoms with Crippen LogP contribution < -0.4 is 5.63 Å². The first-order valence-electron chi connectivity index (χ1n) is 7.34. The van der Waals surface area contributed by atoms with Crippen LogP contribution in [0.3, 0.4) is 0 Å². The molecule has 0 bridgehead atoms. The summed E-state index contributed by atoms with van der Waals surface area (Å²) in [5.74, 6) is 0.233. The van der Waals surface area contributed by atoms with Crippen LogP contribution in [0.15, 0.2) is 44.7 Å². The molecule has 0 saturated carbocycles. The van der Waals surface area contributed by atoms with Gasteiger partial charge in [0.1, 0.15) is 17.1 Å². The summed E-state index contributed by atoms with van der Waals surface area (Å²) in [6, 6.07) is 7.09. The average Bonchev–Trinajstić information content (AvgIpc) is 2.88. The highest BCUT2D eigenvalue weighted by atomic mass is 16.4. The fourth-order valence-electron chi connectivity index (χ4n) is 2.56. The summed E-state index contributed by atoms with van der Waals surface area (Å²) in [4.78, 5) is 16.4. The highest BCUT2D eigenvalue weighted by molar-refractivity contribution is 6.02. The minimum absolute atomic E-state index is 0.0831. The molecule has 0 radical (unpaired) electrons. The molecule has 118 valence electrons. The Kier molecular flexibility index (Phi) is 3.73. The van der Waals surface area contributed by atoms with E-state index in [0.717, 1.165) is 17.4 Å². The quantitative estimate of drug-likeness (QED) is 0.753. The molecule has 23 heavy (non-hydrogen) atoms. The maximum atomic E-state index is 11.9. The topological polar surface area (TPSA) is 80.6 Å². The molecule has 0 aliphatic rings. The second-order valence-electron chi connectivity index (χ2n) is 5.31. The first-order chi connectivity index (χ1) is 11.0. The molecule has 2 aromatic heterocycles. The van der Waals surface area contributed by atoms with Crippen LogP contribution in [-0.2, 0) is 6.54 Å². The third kappa shape index (κ3) is 2.75. The lowest BCUT2D eigenvalue weighted by Gasteiger charge is -2.04. The molecule has 6 heteroatoms. The van der Waals surface area contributed by atoms with Gasteiger partial charge in [-0.2, -0.15) is 5.10 Å². The number of nitrogens with zero attached hydrogens (tertiary/aromatic N) is 3. The van der Waals surface area contributed by atoms with Crippen molar-refractivity contribution in [1.29, 1.82) is 0 Å². The summed E-state index contributed by atoms with van der Waals surface area (Å²) in [5.41, 5.74) is 1.55. The molecule has 0 aliphatic heterocycles. The van der Waals surface area contributed by atoms with Crippen LogP contribution in [0.2, 0.25) is 0 Å². The fraction of sp³-hybridized carbons (Fsp3) is 0.235. The maximum absolute atomic E-state index is 11.9. The number of aromatic nitrogens is 2. The molecule has 3 rings (SSSR count). The molecule has 6 nitrogen and oxygen atoms in total. The molecule has 1 aromatic carbocycles. The van der Waals surface area contributed by atoms with Gasteiger partial charge in [0, 0.05) is 18.0 Å². The van der Waals surface area contributed by atoms with Crippen LogP contribution in [0.5, 0.6) is 5.75 Å². The lowest BCUT2D eigenvalue weighted by Crippen LogP contribution is -2.12. The van der Waals surface area contributed by atoms with Gasteiger partial charge in [-0.1, -0.05) is 0 Å². The molecular weight excluding hydrogens is 294 g/mol. The van der Waals surface area contributed by atoms with Gasteiger partial charge in [0.2, 0.25) is 0 Å². The van der Waals surface area contributed by atoms with E-state index >= 15 is 0 Å². The Labute approximate surface area is 132 Å². The number of fused-ring (bicyclic) bond motifs is 1. The maximum Gasteiger partial charge on any atom is 0.348 e. The van der Waals surface area contributed by atoms with Gasteiger partial charge in [-0.05, 0) is 39.0 Å². The molecule has 0 unspecified atom stereocenters. The van der Waals surface area contributed by atoms with E-state index in [4.69, 9.17) is 4.42 Å². The third-order valence-corrected chi connectivity index (χ3v) is 3.64. The van der Waals surface area contributed by atoms with Gasteiger partial charge < -0.3 is 9.52 Å². The average molecular weight is 311 g/mol. The van der Waals surface area contributed by atoms with E-state index in [1.54, 1.807) is 20.0 Å². The standard InChI is InChI=1S/C17H17N3O3/c1-4-20-14-8-13(6-5-12(14)9-18-20)19-11(3)16-15(21)7-10(2)23-17(16)22/h5-9,21H,4H2,1-3H3. The van der Waals surface area contributed by atoms with Gasteiger partial charge in [0.15, 0.2) is 0 Å². The lowest BCUT2D eigenvalue weighted by molar-refractivity contribution is 0.432. The Morgan fingerprint density at radius 1 is 1.39 bits per heavy atom. The summed E-state index contributed by atoms with van der Waals surface area (Å²) < 4.78 is 6.91. The summed E-state index contributed by atoms with van der Waals surface area (Å²) >= 11 is 0. The van der Waals surface area contributed by atoms with Crippen molar-refractivity contribution in [2.75, 3.05) is 0 Å². The summed E-state index contributed by atoms with van der Waals surface area (Å²) in [6.07, 6.45) is 1.81. The van der Waals surface area contributed by atoms with Crippen molar-refractivity contribution in [3.8, 4) is 5.75 Å². The molecule has 2 heterocycles. The molecule has 0 atom stereocenters. The van der Waals surface area contributed by atoms with Gasteiger partial charge in [0.05, 0.1) is 23.1 Å². The third-order valence-electron chi connectivity index (χ3n) is 3.64. The van der Waals surface area contributed by atoms with Crippen molar-refractivity contribution in [1.82, 2.24) is 9.78 Å². The fourth-order valence-corrected chi connectivity index (χ4v) is 2.56. The molecule has 0 saturated heterocycles. The molecule has 0 fully saturated rings. The van der Waals surface area contributed by atoms with Crippen LogP contribution in [0.25, 0.3) is 10.9 Å². The second-order valence-corrected chi connectivity index (χ2v) is 5.31. The smallest absolute Gasteiger partial charge is 0.348 e. The monoisotopic (exact) mass is 311 g/mol. The van der Waals surface area contributed by atoms with Gasteiger partial charge in [0.25, 0.3) is 0 Å².